The Hall–Kier alpha value is -1.26. The van der Waals surface area contributed by atoms with Gasteiger partial charge in [0.25, 0.3) is 0 Å². The van der Waals surface area contributed by atoms with Crippen LogP contribution in [-0.4, -0.2) is 20.8 Å². The van der Waals surface area contributed by atoms with E-state index in [-0.39, 0.29) is 19.0 Å². The van der Waals surface area contributed by atoms with Gasteiger partial charge < -0.3 is 14.2 Å². The number of hydrogen-bond acceptors (Lipinski definition) is 2. The molecule has 0 aliphatic heterocycles. The largest absolute Gasteiger partial charge is 0.395 e. The molecule has 0 radical (unpaired) electrons. The summed E-state index contributed by atoms with van der Waals surface area (Å²) in [5.74, 6) is 0. The number of benzene rings is 1. The average Bonchev–Trinajstić information content (AvgIpc) is 2.45. The third kappa shape index (κ3) is 1.78. The SMILES string of the molecule is Cl.Cn1c(=N)n(CCO)c2ccccc21. The van der Waals surface area contributed by atoms with Crippen LogP contribution in [0.2, 0.25) is 0 Å². The Labute approximate surface area is 93.7 Å². The fourth-order valence-corrected chi connectivity index (χ4v) is 1.71. The Balaban J connectivity index is 0.00000112. The molecule has 0 bridgehead atoms. The quantitative estimate of drug-likeness (QED) is 0.786. The van der Waals surface area contributed by atoms with Crippen molar-refractivity contribution in [3.05, 3.63) is 29.9 Å². The first kappa shape index (κ1) is 11.8. The van der Waals surface area contributed by atoms with Gasteiger partial charge in [0.1, 0.15) is 0 Å². The number of hydrogen-bond donors (Lipinski definition) is 2. The van der Waals surface area contributed by atoms with E-state index in [0.29, 0.717) is 12.2 Å². The number of fused-ring (bicyclic) bond motifs is 1. The number of rotatable bonds is 2. The van der Waals surface area contributed by atoms with Crippen LogP contribution in [0.1, 0.15) is 0 Å². The molecule has 0 spiro atoms. The van der Waals surface area contributed by atoms with Crippen molar-refractivity contribution in [3.8, 4) is 0 Å². The van der Waals surface area contributed by atoms with Crippen LogP contribution in [0.5, 0.6) is 0 Å². The van der Waals surface area contributed by atoms with Gasteiger partial charge >= 0.3 is 0 Å². The molecule has 0 aliphatic rings. The van der Waals surface area contributed by atoms with Gasteiger partial charge in [-0.1, -0.05) is 12.1 Å². The van der Waals surface area contributed by atoms with E-state index in [1.807, 2.05) is 35.9 Å². The van der Waals surface area contributed by atoms with E-state index in [4.69, 9.17) is 10.5 Å². The second-order valence-corrected chi connectivity index (χ2v) is 3.25. The molecule has 2 rings (SSSR count). The van der Waals surface area contributed by atoms with Gasteiger partial charge in [0.15, 0.2) is 0 Å². The predicted molar refractivity (Wildman–Crippen MR) is 61.1 cm³/mol. The van der Waals surface area contributed by atoms with Crippen LogP contribution < -0.4 is 5.62 Å². The van der Waals surface area contributed by atoms with Crippen molar-refractivity contribution in [3.63, 3.8) is 0 Å². The summed E-state index contributed by atoms with van der Waals surface area (Å²) in [7, 11) is 1.86. The highest BCUT2D eigenvalue weighted by atomic mass is 35.5. The molecule has 0 amide bonds. The number of aryl methyl sites for hydroxylation is 1. The minimum atomic E-state index is 0. The summed E-state index contributed by atoms with van der Waals surface area (Å²) in [5, 5.41) is 16.7. The van der Waals surface area contributed by atoms with Gasteiger partial charge in [-0.2, -0.15) is 0 Å². The monoisotopic (exact) mass is 227 g/mol. The number of aliphatic hydroxyl groups excluding tert-OH is 1. The topological polar surface area (TPSA) is 53.9 Å². The molecule has 0 saturated carbocycles. The van der Waals surface area contributed by atoms with E-state index in [2.05, 4.69) is 0 Å². The van der Waals surface area contributed by atoms with Gasteiger partial charge in [-0.25, -0.2) is 0 Å². The molecule has 0 aliphatic carbocycles. The number of nitrogens with zero attached hydrogens (tertiary/aromatic N) is 2. The molecule has 1 aromatic carbocycles. The summed E-state index contributed by atoms with van der Waals surface area (Å²) < 4.78 is 3.61. The highest BCUT2D eigenvalue weighted by Crippen LogP contribution is 2.10. The number of aromatic nitrogens is 2. The third-order valence-electron chi connectivity index (χ3n) is 2.43. The van der Waals surface area contributed by atoms with Crippen LogP contribution in [0.3, 0.4) is 0 Å². The lowest BCUT2D eigenvalue weighted by Gasteiger charge is -1.99. The molecule has 82 valence electrons. The van der Waals surface area contributed by atoms with Crippen molar-refractivity contribution in [2.45, 2.75) is 6.54 Å². The van der Waals surface area contributed by atoms with Crippen molar-refractivity contribution in [1.29, 1.82) is 5.41 Å². The minimum absolute atomic E-state index is 0. The number of halogens is 1. The highest BCUT2D eigenvalue weighted by Gasteiger charge is 2.05. The fourth-order valence-electron chi connectivity index (χ4n) is 1.71. The molecule has 0 fully saturated rings. The van der Waals surface area contributed by atoms with Crippen molar-refractivity contribution in [2.75, 3.05) is 6.61 Å². The Morgan fingerprint density at radius 2 is 1.87 bits per heavy atom. The second kappa shape index (κ2) is 4.51. The lowest BCUT2D eigenvalue weighted by atomic mass is 10.3. The first-order valence-electron chi connectivity index (χ1n) is 4.55. The van der Waals surface area contributed by atoms with Crippen molar-refractivity contribution in [2.24, 2.45) is 7.05 Å². The number of imidazole rings is 1. The fraction of sp³-hybridized carbons (Fsp3) is 0.300. The standard InChI is InChI=1S/C10H13N3O.ClH/c1-12-8-4-2-3-5-9(8)13(6-7-14)10(12)11;/h2-5,11,14H,6-7H2,1H3;1H. The lowest BCUT2D eigenvalue weighted by molar-refractivity contribution is 0.275. The maximum absolute atomic E-state index is 8.90. The van der Waals surface area contributed by atoms with E-state index in [1.54, 1.807) is 4.57 Å². The highest BCUT2D eigenvalue weighted by molar-refractivity contribution is 5.85. The normalized spacial score (nSPS) is 10.3. The van der Waals surface area contributed by atoms with Crippen LogP contribution in [0.15, 0.2) is 24.3 Å². The first-order valence-corrected chi connectivity index (χ1v) is 4.55. The molecule has 0 unspecified atom stereocenters. The molecule has 1 aromatic heterocycles. The van der Waals surface area contributed by atoms with Crippen molar-refractivity contribution >= 4 is 23.4 Å². The van der Waals surface area contributed by atoms with Gasteiger partial charge in [0.05, 0.1) is 17.6 Å². The van der Waals surface area contributed by atoms with Gasteiger partial charge in [-0.3, -0.25) is 5.41 Å². The molecule has 15 heavy (non-hydrogen) atoms. The maximum Gasteiger partial charge on any atom is 0.202 e. The van der Waals surface area contributed by atoms with Crippen LogP contribution >= 0.6 is 12.4 Å². The van der Waals surface area contributed by atoms with E-state index >= 15 is 0 Å². The van der Waals surface area contributed by atoms with Gasteiger partial charge in [-0.05, 0) is 12.1 Å². The molecule has 2 aromatic rings. The van der Waals surface area contributed by atoms with Gasteiger partial charge in [0.2, 0.25) is 5.62 Å². The summed E-state index contributed by atoms with van der Waals surface area (Å²) in [6, 6.07) is 7.82. The summed E-state index contributed by atoms with van der Waals surface area (Å²) in [5.41, 5.74) is 2.43. The van der Waals surface area contributed by atoms with E-state index in [1.165, 1.54) is 0 Å². The molecule has 1 heterocycles. The van der Waals surface area contributed by atoms with Crippen LogP contribution in [0.4, 0.5) is 0 Å². The predicted octanol–water partition coefficient (Wildman–Crippen LogP) is 0.873. The summed E-state index contributed by atoms with van der Waals surface area (Å²) in [6.45, 7) is 0.532. The van der Waals surface area contributed by atoms with Gasteiger partial charge in [-0.15, -0.1) is 12.4 Å². The summed E-state index contributed by atoms with van der Waals surface area (Å²) in [4.78, 5) is 0. The average molecular weight is 228 g/mol. The smallest absolute Gasteiger partial charge is 0.202 e. The zero-order chi connectivity index (χ0) is 10.1. The van der Waals surface area contributed by atoms with Crippen molar-refractivity contribution < 1.29 is 5.11 Å². The Kier molecular flexibility index (Phi) is 3.55. The summed E-state index contributed by atoms with van der Waals surface area (Å²) >= 11 is 0. The van der Waals surface area contributed by atoms with Gasteiger partial charge in [0, 0.05) is 13.6 Å². The second-order valence-electron chi connectivity index (χ2n) is 3.25. The zero-order valence-electron chi connectivity index (χ0n) is 8.47. The number of para-hydroxylation sites is 2. The Morgan fingerprint density at radius 1 is 1.27 bits per heavy atom. The van der Waals surface area contributed by atoms with E-state index in [9.17, 15) is 0 Å². The molecule has 0 saturated heterocycles. The minimum Gasteiger partial charge on any atom is -0.395 e. The zero-order valence-corrected chi connectivity index (χ0v) is 9.29. The van der Waals surface area contributed by atoms with E-state index in [0.717, 1.165) is 11.0 Å². The maximum atomic E-state index is 8.90. The number of aliphatic hydroxyl groups is 1. The molecular formula is C10H14ClN3O. The van der Waals surface area contributed by atoms with Crippen molar-refractivity contribution in [1.82, 2.24) is 9.13 Å². The molecule has 4 nitrogen and oxygen atoms in total. The molecule has 0 atom stereocenters. The van der Waals surface area contributed by atoms with Crippen LogP contribution in [0, 0.1) is 5.41 Å². The Bertz CT molecular complexity index is 515. The van der Waals surface area contributed by atoms with Crippen LogP contribution in [0.25, 0.3) is 11.0 Å². The molecular weight excluding hydrogens is 214 g/mol. The Morgan fingerprint density at radius 3 is 2.47 bits per heavy atom. The third-order valence-corrected chi connectivity index (χ3v) is 2.43. The first-order chi connectivity index (χ1) is 6.75. The molecule has 5 heteroatoms. The van der Waals surface area contributed by atoms with E-state index < -0.39 is 0 Å². The lowest BCUT2D eigenvalue weighted by Crippen LogP contribution is -2.23. The summed E-state index contributed by atoms with van der Waals surface area (Å²) in [6.07, 6.45) is 0. The number of nitrogens with one attached hydrogen (secondary N) is 1. The molecule has 2 N–H and O–H groups in total. The van der Waals surface area contributed by atoms with Crippen LogP contribution in [-0.2, 0) is 13.6 Å².